The van der Waals surface area contributed by atoms with E-state index in [-0.39, 0.29) is 11.4 Å². The van der Waals surface area contributed by atoms with Gasteiger partial charge in [0.25, 0.3) is 0 Å². The summed E-state index contributed by atoms with van der Waals surface area (Å²) in [7, 11) is 1.86. The van der Waals surface area contributed by atoms with Crippen molar-refractivity contribution in [2.24, 2.45) is 0 Å². The summed E-state index contributed by atoms with van der Waals surface area (Å²) < 4.78 is 7.43. The first kappa shape index (κ1) is 19.3. The van der Waals surface area contributed by atoms with Crippen LogP contribution >= 0.6 is 0 Å². The number of carbonyl (C=O) groups is 1. The van der Waals surface area contributed by atoms with E-state index in [1.807, 2.05) is 37.4 Å². The monoisotopic (exact) mass is 417 g/mol. The second-order valence-electron chi connectivity index (χ2n) is 8.04. The van der Waals surface area contributed by atoms with E-state index in [4.69, 9.17) is 4.74 Å². The van der Waals surface area contributed by atoms with Crippen LogP contribution in [-0.4, -0.2) is 37.8 Å². The number of fused-ring (bicyclic) bond motifs is 1. The molecule has 0 spiro atoms. The first-order valence-electron chi connectivity index (χ1n) is 10.2. The summed E-state index contributed by atoms with van der Waals surface area (Å²) in [5, 5.41) is 14.0. The van der Waals surface area contributed by atoms with Gasteiger partial charge >= 0.3 is 6.03 Å². The maximum Gasteiger partial charge on any atom is 0.331 e. The van der Waals surface area contributed by atoms with Crippen molar-refractivity contribution in [3.8, 4) is 11.6 Å². The summed E-state index contributed by atoms with van der Waals surface area (Å²) in [6.45, 7) is 2.82. The smallest absolute Gasteiger partial charge is 0.331 e. The molecule has 0 unspecified atom stereocenters. The van der Waals surface area contributed by atoms with Crippen LogP contribution in [0.15, 0.2) is 48.9 Å². The van der Waals surface area contributed by atoms with Gasteiger partial charge in [-0.05, 0) is 44.2 Å². The summed E-state index contributed by atoms with van der Waals surface area (Å²) in [6, 6.07) is 10.8. The largest absolute Gasteiger partial charge is 0.439 e. The molecule has 3 aromatic heterocycles. The fraction of sp³-hybridized carbons (Fsp3) is 0.273. The second kappa shape index (κ2) is 7.51. The Bertz CT molecular complexity index is 1260. The van der Waals surface area contributed by atoms with Crippen LogP contribution in [-0.2, 0) is 12.0 Å². The van der Waals surface area contributed by atoms with Crippen molar-refractivity contribution in [2.75, 3.05) is 12.4 Å². The highest BCUT2D eigenvalue weighted by molar-refractivity contribution is 5.98. The number of nitrogens with zero attached hydrogens (tertiary/aromatic N) is 4. The SMILES string of the molecule is CNCc1cc(Oc2ccc3c(ccn3C(=O)Nc3cc(C4(C)CC4)[nH]n3)c2)ncn1. The maximum atomic E-state index is 12.8. The molecule has 1 amide bonds. The summed E-state index contributed by atoms with van der Waals surface area (Å²) in [6.07, 6.45) is 5.49. The maximum absolute atomic E-state index is 12.8. The zero-order valence-corrected chi connectivity index (χ0v) is 17.3. The van der Waals surface area contributed by atoms with Crippen LogP contribution in [0.1, 0.15) is 31.2 Å². The topological polar surface area (TPSA) is 110 Å². The number of benzene rings is 1. The number of H-pyrrole nitrogens is 1. The molecular formula is C22H23N7O2. The minimum atomic E-state index is -0.268. The Labute approximate surface area is 178 Å². The molecule has 4 aromatic rings. The van der Waals surface area contributed by atoms with Crippen molar-refractivity contribution in [3.05, 3.63) is 60.3 Å². The minimum absolute atomic E-state index is 0.171. The number of anilines is 1. The highest BCUT2D eigenvalue weighted by atomic mass is 16.5. The highest BCUT2D eigenvalue weighted by Crippen LogP contribution is 2.47. The number of carbonyl (C=O) groups excluding carboxylic acids is 1. The van der Waals surface area contributed by atoms with Crippen LogP contribution in [0.5, 0.6) is 11.6 Å². The molecule has 3 N–H and O–H groups in total. The first-order valence-corrected chi connectivity index (χ1v) is 10.2. The number of ether oxygens (including phenoxy) is 1. The fourth-order valence-corrected chi connectivity index (χ4v) is 3.51. The fourth-order valence-electron chi connectivity index (χ4n) is 3.51. The second-order valence-corrected chi connectivity index (χ2v) is 8.04. The molecule has 1 aromatic carbocycles. The average Bonchev–Trinajstić information content (AvgIpc) is 3.15. The predicted molar refractivity (Wildman–Crippen MR) is 116 cm³/mol. The summed E-state index contributed by atoms with van der Waals surface area (Å²) in [5.74, 6) is 1.63. The Hall–Kier alpha value is -3.72. The number of hydrogen-bond acceptors (Lipinski definition) is 6. The molecule has 31 heavy (non-hydrogen) atoms. The molecule has 0 bridgehead atoms. The highest BCUT2D eigenvalue weighted by Gasteiger charge is 2.40. The zero-order valence-electron chi connectivity index (χ0n) is 17.3. The average molecular weight is 417 g/mol. The van der Waals surface area contributed by atoms with E-state index in [1.54, 1.807) is 16.8 Å². The van der Waals surface area contributed by atoms with E-state index in [1.165, 1.54) is 6.33 Å². The van der Waals surface area contributed by atoms with Crippen LogP contribution in [0.2, 0.25) is 0 Å². The molecule has 3 heterocycles. The van der Waals surface area contributed by atoms with Crippen LogP contribution in [0.25, 0.3) is 10.9 Å². The third-order valence-corrected chi connectivity index (χ3v) is 5.62. The van der Waals surface area contributed by atoms with E-state index >= 15 is 0 Å². The van der Waals surface area contributed by atoms with Gasteiger partial charge in [0.05, 0.1) is 11.2 Å². The van der Waals surface area contributed by atoms with Gasteiger partial charge in [-0.1, -0.05) is 6.92 Å². The summed E-state index contributed by atoms with van der Waals surface area (Å²) >= 11 is 0. The number of nitrogens with one attached hydrogen (secondary N) is 3. The van der Waals surface area contributed by atoms with Crippen LogP contribution in [0, 0.1) is 0 Å². The lowest BCUT2D eigenvalue weighted by molar-refractivity contribution is 0.254. The zero-order chi connectivity index (χ0) is 21.4. The van der Waals surface area contributed by atoms with Gasteiger partial charge in [-0.2, -0.15) is 5.10 Å². The quantitative estimate of drug-likeness (QED) is 0.440. The number of aromatic nitrogens is 5. The molecule has 9 heteroatoms. The van der Waals surface area contributed by atoms with Crippen molar-refractivity contribution in [1.82, 2.24) is 30.0 Å². The number of aromatic amines is 1. The normalized spacial score (nSPS) is 14.5. The number of amides is 1. The Morgan fingerprint density at radius 2 is 2.10 bits per heavy atom. The van der Waals surface area contributed by atoms with Crippen LogP contribution in [0.3, 0.4) is 0 Å². The van der Waals surface area contributed by atoms with E-state index in [9.17, 15) is 4.79 Å². The summed E-state index contributed by atoms with van der Waals surface area (Å²) in [5.41, 5.74) is 2.84. The molecule has 0 atom stereocenters. The lowest BCUT2D eigenvalue weighted by Gasteiger charge is -2.08. The Morgan fingerprint density at radius 1 is 1.23 bits per heavy atom. The molecule has 1 aliphatic rings. The van der Waals surface area contributed by atoms with Crippen LogP contribution in [0.4, 0.5) is 10.6 Å². The van der Waals surface area contributed by atoms with E-state index < -0.39 is 0 Å². The van der Waals surface area contributed by atoms with Crippen molar-refractivity contribution in [2.45, 2.75) is 31.7 Å². The predicted octanol–water partition coefficient (Wildman–Crippen LogP) is 3.80. The van der Waals surface area contributed by atoms with Crippen LogP contribution < -0.4 is 15.4 Å². The molecular weight excluding hydrogens is 394 g/mol. The van der Waals surface area contributed by atoms with Gasteiger partial charge in [-0.3, -0.25) is 15.0 Å². The van der Waals surface area contributed by atoms with Crippen molar-refractivity contribution in [1.29, 1.82) is 0 Å². The van der Waals surface area contributed by atoms with Gasteiger partial charge in [0.1, 0.15) is 12.1 Å². The Morgan fingerprint density at radius 3 is 2.90 bits per heavy atom. The van der Waals surface area contributed by atoms with Gasteiger partial charge in [-0.25, -0.2) is 14.8 Å². The number of hydrogen-bond donors (Lipinski definition) is 3. The first-order chi connectivity index (χ1) is 15.0. The minimum Gasteiger partial charge on any atom is -0.439 e. The van der Waals surface area contributed by atoms with Crippen molar-refractivity contribution in [3.63, 3.8) is 0 Å². The van der Waals surface area contributed by atoms with E-state index in [2.05, 4.69) is 37.7 Å². The number of rotatable bonds is 6. The molecule has 9 nitrogen and oxygen atoms in total. The van der Waals surface area contributed by atoms with Crippen molar-refractivity contribution >= 4 is 22.8 Å². The van der Waals surface area contributed by atoms with Gasteiger partial charge < -0.3 is 10.1 Å². The Balaban J connectivity index is 1.32. The lowest BCUT2D eigenvalue weighted by Crippen LogP contribution is -2.18. The molecule has 1 aliphatic carbocycles. The van der Waals surface area contributed by atoms with Gasteiger partial charge in [0.15, 0.2) is 5.82 Å². The molecule has 1 fully saturated rings. The summed E-state index contributed by atoms with van der Waals surface area (Å²) in [4.78, 5) is 21.1. The molecule has 0 radical (unpaired) electrons. The Kier molecular flexibility index (Phi) is 4.67. The molecule has 0 saturated heterocycles. The van der Waals surface area contributed by atoms with E-state index in [0.29, 0.717) is 24.0 Å². The third kappa shape index (κ3) is 3.87. The molecule has 5 rings (SSSR count). The third-order valence-electron chi connectivity index (χ3n) is 5.62. The standard InChI is InChI=1S/C22H23N7O2/c1-22(6-7-22)18-11-19(28-27-18)26-21(30)29-8-5-14-9-16(3-4-17(14)29)31-20-10-15(12-23-2)24-13-25-20/h3-5,8-11,13,23H,6-7,12H2,1-2H3,(H2,26,27,28,30). The van der Waals surface area contributed by atoms with Gasteiger partial charge in [-0.15, -0.1) is 0 Å². The molecule has 0 aliphatic heterocycles. The van der Waals surface area contributed by atoms with Crippen molar-refractivity contribution < 1.29 is 9.53 Å². The van der Waals surface area contributed by atoms with Gasteiger partial charge in [0, 0.05) is 41.4 Å². The van der Waals surface area contributed by atoms with Gasteiger partial charge in [0.2, 0.25) is 5.88 Å². The lowest BCUT2D eigenvalue weighted by atomic mass is 10.1. The van der Waals surface area contributed by atoms with E-state index in [0.717, 1.165) is 35.1 Å². The molecule has 158 valence electrons. The molecule has 1 saturated carbocycles.